The number of fused-ring (bicyclic) bond motifs is 1. The van der Waals surface area contributed by atoms with Crippen LogP contribution < -0.4 is 4.74 Å². The molecule has 0 radical (unpaired) electrons. The topological polar surface area (TPSA) is 78.7 Å². The van der Waals surface area contributed by atoms with E-state index in [2.05, 4.69) is 20.5 Å². The second kappa shape index (κ2) is 11.9. The molecule has 5 heterocycles. The van der Waals surface area contributed by atoms with Crippen LogP contribution in [0, 0.1) is 12.7 Å². The van der Waals surface area contributed by atoms with Gasteiger partial charge in [0.25, 0.3) is 0 Å². The van der Waals surface area contributed by atoms with Gasteiger partial charge in [-0.15, -0.1) is 11.3 Å². The van der Waals surface area contributed by atoms with Crippen LogP contribution >= 0.6 is 22.9 Å². The van der Waals surface area contributed by atoms with Crippen molar-refractivity contribution in [1.82, 2.24) is 19.4 Å². The van der Waals surface area contributed by atoms with Crippen molar-refractivity contribution < 1.29 is 23.4 Å². The summed E-state index contributed by atoms with van der Waals surface area (Å²) in [5.74, 6) is 0.694. The largest absolute Gasteiger partial charge is 0.473 e. The highest BCUT2D eigenvalue weighted by Gasteiger charge is 2.27. The van der Waals surface area contributed by atoms with Crippen LogP contribution in [0.3, 0.4) is 0 Å². The number of carbonyl (C=O) groups is 1. The number of halogens is 2. The Labute approximate surface area is 246 Å². The summed E-state index contributed by atoms with van der Waals surface area (Å²) < 4.78 is 32.8. The zero-order chi connectivity index (χ0) is 28.5. The van der Waals surface area contributed by atoms with Gasteiger partial charge in [0.1, 0.15) is 28.0 Å². The monoisotopic (exact) mass is 596 g/mol. The number of esters is 1. The number of pyridine rings is 1. The molecule has 0 N–H and O–H groups in total. The van der Waals surface area contributed by atoms with E-state index in [9.17, 15) is 9.18 Å². The number of aryl methyl sites for hydroxylation is 1. The second-order valence-corrected chi connectivity index (χ2v) is 11.7. The fourth-order valence-electron chi connectivity index (χ4n) is 5.18. The van der Waals surface area contributed by atoms with Crippen LogP contribution in [0.1, 0.15) is 45.2 Å². The lowest BCUT2D eigenvalue weighted by Gasteiger charge is -2.29. The molecule has 1 atom stereocenters. The molecule has 1 aromatic carbocycles. The molecule has 0 bridgehead atoms. The van der Waals surface area contributed by atoms with E-state index in [1.165, 1.54) is 24.5 Å². The number of carbonyl (C=O) groups excluding carboxylic acids is 1. The van der Waals surface area contributed by atoms with E-state index >= 15 is 0 Å². The summed E-state index contributed by atoms with van der Waals surface area (Å²) in [6, 6.07) is 10.2. The van der Waals surface area contributed by atoms with Crippen molar-refractivity contribution in [3.8, 4) is 5.88 Å². The van der Waals surface area contributed by atoms with Crippen molar-refractivity contribution in [3.63, 3.8) is 0 Å². The van der Waals surface area contributed by atoms with Gasteiger partial charge in [-0.2, -0.15) is 0 Å². The first kappa shape index (κ1) is 27.8. The summed E-state index contributed by atoms with van der Waals surface area (Å²) in [5.41, 5.74) is 4.33. The lowest BCUT2D eigenvalue weighted by atomic mass is 10.0. The van der Waals surface area contributed by atoms with Crippen LogP contribution in [0.15, 0.2) is 42.5 Å². The minimum Gasteiger partial charge on any atom is -0.473 e. The molecule has 0 unspecified atom stereocenters. The zero-order valence-corrected chi connectivity index (χ0v) is 24.4. The van der Waals surface area contributed by atoms with Crippen molar-refractivity contribution in [2.75, 3.05) is 26.8 Å². The fraction of sp³-hybridized carbons (Fsp3) is 0.367. The average Bonchev–Trinajstić information content (AvgIpc) is 3.45. The molecule has 41 heavy (non-hydrogen) atoms. The van der Waals surface area contributed by atoms with E-state index in [0.29, 0.717) is 27.9 Å². The van der Waals surface area contributed by atoms with Crippen molar-refractivity contribution in [2.45, 2.75) is 45.6 Å². The third-order valence-corrected chi connectivity index (χ3v) is 8.95. The highest BCUT2D eigenvalue weighted by molar-refractivity contribution is 7.20. The third kappa shape index (κ3) is 5.88. The number of hydrogen-bond donors (Lipinski definition) is 0. The van der Waals surface area contributed by atoms with E-state index in [1.54, 1.807) is 18.2 Å². The van der Waals surface area contributed by atoms with Crippen LogP contribution in [0.2, 0.25) is 5.02 Å². The Morgan fingerprint density at radius 3 is 2.83 bits per heavy atom. The predicted octanol–water partition coefficient (Wildman–Crippen LogP) is 6.04. The van der Waals surface area contributed by atoms with Gasteiger partial charge in [-0.3, -0.25) is 4.90 Å². The summed E-state index contributed by atoms with van der Waals surface area (Å²) >= 11 is 7.23. The lowest BCUT2D eigenvalue weighted by molar-refractivity contribution is -0.0592. The van der Waals surface area contributed by atoms with E-state index < -0.39 is 5.82 Å². The molecule has 6 rings (SSSR count). The van der Waals surface area contributed by atoms with Gasteiger partial charge in [-0.1, -0.05) is 29.8 Å². The molecule has 0 aliphatic carbocycles. The number of nitrogens with zero attached hydrogens (tertiary/aromatic N) is 4. The van der Waals surface area contributed by atoms with Crippen LogP contribution in [0.5, 0.6) is 5.88 Å². The lowest BCUT2D eigenvalue weighted by Crippen LogP contribution is -2.33. The first-order valence-corrected chi connectivity index (χ1v) is 14.7. The molecule has 3 aromatic heterocycles. The van der Waals surface area contributed by atoms with Gasteiger partial charge < -0.3 is 18.8 Å². The van der Waals surface area contributed by atoms with Crippen molar-refractivity contribution in [3.05, 3.63) is 80.8 Å². The smallest absolute Gasteiger partial charge is 0.348 e. The molecule has 0 spiro atoms. The van der Waals surface area contributed by atoms with Gasteiger partial charge in [0.15, 0.2) is 0 Å². The van der Waals surface area contributed by atoms with Crippen LogP contribution in [-0.2, 0) is 29.2 Å². The number of rotatable bonds is 9. The predicted molar refractivity (Wildman–Crippen MR) is 156 cm³/mol. The molecule has 11 heteroatoms. The molecule has 2 aliphatic rings. The second-order valence-electron chi connectivity index (χ2n) is 10.2. The molecule has 1 saturated heterocycles. The molecular formula is C30H30ClFN4O4S. The number of hydrogen-bond acceptors (Lipinski definition) is 8. The van der Waals surface area contributed by atoms with E-state index in [1.807, 2.05) is 19.1 Å². The number of thiophene rings is 1. The third-order valence-electron chi connectivity index (χ3n) is 7.56. The van der Waals surface area contributed by atoms with Gasteiger partial charge in [0, 0.05) is 41.9 Å². The number of aromatic nitrogens is 3. The number of ether oxygens (including phenoxy) is 3. The number of imidazole rings is 1. The maximum Gasteiger partial charge on any atom is 0.348 e. The number of methoxy groups -OCH3 is 1. The summed E-state index contributed by atoms with van der Waals surface area (Å²) in [6.07, 6.45) is 4.21. The standard InChI is InChI=1S/C30H30ClFN4O4S/c1-18-27-29(41-28(18)30(37)38-2)34-25(36(27)15-22-10-13-39-22)16-35-11-8-19(9-12-35)24-4-3-5-26(33-24)40-17-20-6-7-21(31)14-23(20)32/h3-8,14,22H,9-13,15-17H2,1-2H3/t22-/m0/s1. The van der Waals surface area contributed by atoms with Crippen molar-refractivity contribution in [1.29, 1.82) is 0 Å². The zero-order valence-electron chi connectivity index (χ0n) is 22.9. The molecule has 214 valence electrons. The first-order chi connectivity index (χ1) is 19.9. The highest BCUT2D eigenvalue weighted by atomic mass is 35.5. The Balaban J connectivity index is 1.15. The van der Waals surface area contributed by atoms with E-state index in [4.69, 9.17) is 30.8 Å². The summed E-state index contributed by atoms with van der Waals surface area (Å²) in [4.78, 5) is 25.7. The maximum absolute atomic E-state index is 14.1. The molecule has 8 nitrogen and oxygen atoms in total. The van der Waals surface area contributed by atoms with Gasteiger partial charge in [0.2, 0.25) is 5.88 Å². The van der Waals surface area contributed by atoms with E-state index in [-0.39, 0.29) is 18.7 Å². The summed E-state index contributed by atoms with van der Waals surface area (Å²) in [5, 5.41) is 0.351. The average molecular weight is 597 g/mol. The number of benzene rings is 1. The van der Waals surface area contributed by atoms with Gasteiger partial charge in [0.05, 0.1) is 37.5 Å². The summed E-state index contributed by atoms with van der Waals surface area (Å²) in [7, 11) is 1.40. The molecular weight excluding hydrogens is 567 g/mol. The minimum atomic E-state index is -0.400. The van der Waals surface area contributed by atoms with Crippen molar-refractivity contribution in [2.24, 2.45) is 0 Å². The van der Waals surface area contributed by atoms with Gasteiger partial charge in [-0.25, -0.2) is 19.2 Å². The van der Waals surface area contributed by atoms with Crippen molar-refractivity contribution >= 4 is 44.8 Å². The Morgan fingerprint density at radius 2 is 2.12 bits per heavy atom. The molecule has 0 saturated carbocycles. The SMILES string of the molecule is COC(=O)c1sc2nc(CN3CC=C(c4cccc(OCc5ccc(Cl)cc5F)n4)CC3)n(C[C@@H]3CCO3)c2c1C. The van der Waals surface area contributed by atoms with Gasteiger partial charge >= 0.3 is 5.97 Å². The first-order valence-electron chi connectivity index (χ1n) is 13.5. The normalized spacial score (nSPS) is 17.4. The van der Waals surface area contributed by atoms with Crippen LogP contribution in [0.25, 0.3) is 15.9 Å². The Kier molecular flexibility index (Phi) is 8.07. The quantitative estimate of drug-likeness (QED) is 0.218. The van der Waals surface area contributed by atoms with E-state index in [0.717, 1.165) is 72.1 Å². The summed E-state index contributed by atoms with van der Waals surface area (Å²) in [6.45, 7) is 5.83. The Morgan fingerprint density at radius 1 is 1.27 bits per heavy atom. The van der Waals surface area contributed by atoms with Crippen LogP contribution in [0.4, 0.5) is 4.39 Å². The molecule has 1 fully saturated rings. The van der Waals surface area contributed by atoms with Gasteiger partial charge in [-0.05, 0) is 43.5 Å². The highest BCUT2D eigenvalue weighted by Crippen LogP contribution is 2.34. The fourth-order valence-corrected chi connectivity index (χ4v) is 6.46. The molecule has 0 amide bonds. The Bertz CT molecular complexity index is 1630. The van der Waals surface area contributed by atoms with Crippen LogP contribution in [-0.4, -0.2) is 58.3 Å². The molecule has 2 aliphatic heterocycles. The maximum atomic E-state index is 14.1. The Hall–Kier alpha value is -3.31. The molecule has 4 aromatic rings. The minimum absolute atomic E-state index is 0.0723.